The predicted molar refractivity (Wildman–Crippen MR) is 149 cm³/mol. The molecule has 0 amide bonds. The molecule has 3 atom stereocenters. The highest BCUT2D eigenvalue weighted by atomic mass is 16.5. The minimum absolute atomic E-state index is 0.148. The molecule has 0 saturated heterocycles. The lowest BCUT2D eigenvalue weighted by Gasteiger charge is -2.32. The van der Waals surface area contributed by atoms with Crippen LogP contribution in [0.25, 0.3) is 0 Å². The zero-order valence-electron chi connectivity index (χ0n) is 22.2. The van der Waals surface area contributed by atoms with E-state index in [1.54, 1.807) is 21.3 Å². The molecule has 2 N–H and O–H groups in total. The van der Waals surface area contributed by atoms with Crippen LogP contribution in [0, 0.1) is 5.92 Å². The minimum Gasteiger partial charge on any atom is -0.494 e. The van der Waals surface area contributed by atoms with Crippen molar-refractivity contribution in [3.63, 3.8) is 0 Å². The third-order valence-corrected chi connectivity index (χ3v) is 7.16. The van der Waals surface area contributed by atoms with Gasteiger partial charge in [0.05, 0.1) is 51.3 Å². The summed E-state index contributed by atoms with van der Waals surface area (Å²) in [5, 5.41) is 7.23. The molecule has 1 heterocycles. The van der Waals surface area contributed by atoms with Gasteiger partial charge in [0.15, 0.2) is 11.5 Å². The summed E-state index contributed by atoms with van der Waals surface area (Å²) in [6.45, 7) is 2.76. The third kappa shape index (κ3) is 4.88. The first-order valence-electron chi connectivity index (χ1n) is 13.0. The molecule has 7 nitrogen and oxygen atoms in total. The Kier molecular flexibility index (Phi) is 7.45. The van der Waals surface area contributed by atoms with Gasteiger partial charge in [-0.05, 0) is 53.9 Å². The predicted octanol–water partition coefficient (Wildman–Crippen LogP) is 6.34. The van der Waals surface area contributed by atoms with Crippen LogP contribution in [0.2, 0.25) is 0 Å². The van der Waals surface area contributed by atoms with E-state index in [1.165, 1.54) is 0 Å². The van der Waals surface area contributed by atoms with Gasteiger partial charge in [-0.3, -0.25) is 4.79 Å². The fraction of sp³-hybridized carbons (Fsp3) is 0.323. The number of Topliss-reactive ketones (excluding diaryl/α,β-unsaturated/α-hetero) is 1. The molecule has 0 aromatic heterocycles. The number of nitrogens with one attached hydrogen (secondary N) is 2. The van der Waals surface area contributed by atoms with Crippen molar-refractivity contribution in [2.24, 2.45) is 5.92 Å². The van der Waals surface area contributed by atoms with Gasteiger partial charge in [0.1, 0.15) is 11.5 Å². The normalized spacial score (nSPS) is 20.1. The fourth-order valence-electron chi connectivity index (χ4n) is 5.30. The van der Waals surface area contributed by atoms with E-state index in [4.69, 9.17) is 18.9 Å². The topological polar surface area (TPSA) is 78.1 Å². The first-order chi connectivity index (χ1) is 18.6. The molecule has 7 heteroatoms. The molecule has 5 rings (SSSR count). The SMILES string of the molecule is CCCOc1ccc(C2Nc3ccccc3NC3=CC(c4cc(OC)c(OC)c(OC)c4)CC(=O)C32)cc1. The number of fused-ring (bicyclic) bond motifs is 2. The van der Waals surface area contributed by atoms with E-state index in [2.05, 4.69) is 23.6 Å². The van der Waals surface area contributed by atoms with Crippen LogP contribution in [0.15, 0.2) is 72.4 Å². The quantitative estimate of drug-likeness (QED) is 0.363. The number of allylic oxidation sites excluding steroid dienone is 1. The number of benzene rings is 3. The van der Waals surface area contributed by atoms with Gasteiger partial charge in [-0.25, -0.2) is 0 Å². The van der Waals surface area contributed by atoms with Crippen LogP contribution in [0.4, 0.5) is 11.4 Å². The molecular formula is C31H34N2O5. The lowest BCUT2D eigenvalue weighted by molar-refractivity contribution is -0.122. The second-order valence-corrected chi connectivity index (χ2v) is 9.55. The van der Waals surface area contributed by atoms with E-state index in [1.807, 2.05) is 60.7 Å². The van der Waals surface area contributed by atoms with Crippen molar-refractivity contribution in [3.8, 4) is 23.0 Å². The molecule has 0 fully saturated rings. The van der Waals surface area contributed by atoms with Gasteiger partial charge in [0.25, 0.3) is 0 Å². The van der Waals surface area contributed by atoms with Gasteiger partial charge in [0, 0.05) is 18.0 Å². The second-order valence-electron chi connectivity index (χ2n) is 9.55. The minimum atomic E-state index is -0.372. The average Bonchev–Trinajstić information content (AvgIpc) is 3.12. The maximum absolute atomic E-state index is 13.9. The number of anilines is 2. The van der Waals surface area contributed by atoms with Crippen LogP contribution in [-0.4, -0.2) is 33.7 Å². The first-order valence-corrected chi connectivity index (χ1v) is 13.0. The number of hydrogen-bond acceptors (Lipinski definition) is 7. The van der Waals surface area contributed by atoms with Gasteiger partial charge in [0.2, 0.25) is 5.75 Å². The lowest BCUT2D eigenvalue weighted by atomic mass is 9.76. The van der Waals surface area contributed by atoms with Crippen molar-refractivity contribution in [2.45, 2.75) is 31.7 Å². The number of rotatable bonds is 8. The average molecular weight is 515 g/mol. The van der Waals surface area contributed by atoms with E-state index in [-0.39, 0.29) is 23.7 Å². The van der Waals surface area contributed by atoms with Crippen molar-refractivity contribution >= 4 is 17.2 Å². The highest BCUT2D eigenvalue weighted by Gasteiger charge is 2.40. The van der Waals surface area contributed by atoms with Crippen LogP contribution in [0.5, 0.6) is 23.0 Å². The van der Waals surface area contributed by atoms with Crippen LogP contribution in [0.3, 0.4) is 0 Å². The Balaban J connectivity index is 1.56. The molecule has 2 aliphatic rings. The number of methoxy groups -OCH3 is 3. The molecule has 1 aliphatic heterocycles. The maximum Gasteiger partial charge on any atom is 0.203 e. The van der Waals surface area contributed by atoms with E-state index >= 15 is 0 Å². The number of ether oxygens (including phenoxy) is 4. The number of carbonyl (C=O) groups excluding carboxylic acids is 1. The van der Waals surface area contributed by atoms with Gasteiger partial charge in [-0.1, -0.05) is 37.3 Å². The highest BCUT2D eigenvalue weighted by molar-refractivity contribution is 5.90. The van der Waals surface area contributed by atoms with Crippen molar-refractivity contribution in [1.82, 2.24) is 0 Å². The number of carbonyl (C=O) groups is 1. The zero-order chi connectivity index (χ0) is 26.6. The van der Waals surface area contributed by atoms with Gasteiger partial charge in [-0.2, -0.15) is 0 Å². The summed E-state index contributed by atoms with van der Waals surface area (Å²) in [7, 11) is 4.78. The van der Waals surface area contributed by atoms with E-state index < -0.39 is 0 Å². The molecule has 0 saturated carbocycles. The first kappa shape index (κ1) is 25.5. The van der Waals surface area contributed by atoms with Gasteiger partial charge < -0.3 is 29.6 Å². The van der Waals surface area contributed by atoms with Crippen molar-refractivity contribution < 1.29 is 23.7 Å². The molecule has 0 spiro atoms. The van der Waals surface area contributed by atoms with E-state index in [0.717, 1.165) is 40.4 Å². The molecule has 1 aliphatic carbocycles. The van der Waals surface area contributed by atoms with Gasteiger partial charge >= 0.3 is 0 Å². The molecule has 3 unspecified atom stereocenters. The standard InChI is InChI=1S/C31H34N2O5/c1-5-14-38-22-12-10-19(11-13-22)30-29-25(32-23-8-6-7-9-24(23)33-30)15-20(16-26(29)34)21-17-27(35-2)31(37-4)28(18-21)36-3/h6-13,15,17-18,20,29-30,32-33H,5,14,16H2,1-4H3. The number of para-hydroxylation sites is 2. The summed E-state index contributed by atoms with van der Waals surface area (Å²) in [5.41, 5.74) is 4.74. The Morgan fingerprint density at radius 1 is 0.868 bits per heavy atom. The van der Waals surface area contributed by atoms with Crippen molar-refractivity contribution in [1.29, 1.82) is 0 Å². The van der Waals surface area contributed by atoms with Crippen LogP contribution >= 0.6 is 0 Å². The molecule has 3 aromatic rings. The summed E-state index contributed by atoms with van der Waals surface area (Å²) in [6.07, 6.45) is 3.48. The molecule has 38 heavy (non-hydrogen) atoms. The number of ketones is 1. The Morgan fingerprint density at radius 2 is 1.55 bits per heavy atom. The summed E-state index contributed by atoms with van der Waals surface area (Å²) in [6, 6.07) is 19.7. The Morgan fingerprint density at radius 3 is 2.18 bits per heavy atom. The molecule has 3 aromatic carbocycles. The van der Waals surface area contributed by atoms with E-state index in [0.29, 0.717) is 30.3 Å². The zero-order valence-corrected chi connectivity index (χ0v) is 22.2. The Labute approximate surface area is 223 Å². The maximum atomic E-state index is 13.9. The van der Waals surface area contributed by atoms with Crippen LogP contribution in [0.1, 0.15) is 42.9 Å². The summed E-state index contributed by atoms with van der Waals surface area (Å²) in [5.74, 6) is 2.14. The van der Waals surface area contributed by atoms with Crippen molar-refractivity contribution in [2.75, 3.05) is 38.6 Å². The highest BCUT2D eigenvalue weighted by Crippen LogP contribution is 2.47. The molecule has 198 valence electrons. The Hall–Kier alpha value is -4.13. The van der Waals surface area contributed by atoms with Crippen molar-refractivity contribution in [3.05, 3.63) is 83.6 Å². The summed E-state index contributed by atoms with van der Waals surface area (Å²) >= 11 is 0. The largest absolute Gasteiger partial charge is 0.494 e. The molecular weight excluding hydrogens is 480 g/mol. The third-order valence-electron chi connectivity index (χ3n) is 7.16. The second kappa shape index (κ2) is 11.1. The number of hydrogen-bond donors (Lipinski definition) is 2. The lowest BCUT2D eigenvalue weighted by Crippen LogP contribution is -2.33. The summed E-state index contributed by atoms with van der Waals surface area (Å²) < 4.78 is 22.4. The van der Waals surface area contributed by atoms with E-state index in [9.17, 15) is 4.79 Å². The molecule has 0 bridgehead atoms. The monoisotopic (exact) mass is 514 g/mol. The summed E-state index contributed by atoms with van der Waals surface area (Å²) in [4.78, 5) is 13.9. The fourth-order valence-corrected chi connectivity index (χ4v) is 5.30. The molecule has 0 radical (unpaired) electrons. The van der Waals surface area contributed by atoms with Gasteiger partial charge in [-0.15, -0.1) is 0 Å². The van der Waals surface area contributed by atoms with Crippen LogP contribution in [-0.2, 0) is 4.79 Å². The van der Waals surface area contributed by atoms with Crippen LogP contribution < -0.4 is 29.6 Å². The smallest absolute Gasteiger partial charge is 0.203 e. The Bertz CT molecular complexity index is 1310.